The fraction of sp³-hybridized carbons (Fsp3) is 0.364. The van der Waals surface area contributed by atoms with E-state index in [0.29, 0.717) is 23.7 Å². The third-order valence-electron chi connectivity index (χ3n) is 2.65. The van der Waals surface area contributed by atoms with Crippen LogP contribution in [0.25, 0.3) is 0 Å². The summed E-state index contributed by atoms with van der Waals surface area (Å²) < 4.78 is 0. The van der Waals surface area contributed by atoms with E-state index in [9.17, 15) is 4.79 Å². The molecule has 4 heteroatoms. The van der Waals surface area contributed by atoms with Crippen molar-refractivity contribution >= 4 is 17.5 Å². The second-order valence-electron chi connectivity index (χ2n) is 3.78. The number of hydrogen-bond donors (Lipinski definition) is 1. The summed E-state index contributed by atoms with van der Waals surface area (Å²) in [5.74, 6) is -0.0553. The van der Waals surface area contributed by atoms with Gasteiger partial charge in [0.1, 0.15) is 0 Å². The highest BCUT2D eigenvalue weighted by Gasteiger charge is 2.30. The number of amides is 1. The predicted octanol–water partition coefficient (Wildman–Crippen LogP) is 1.47. The first-order chi connectivity index (χ1) is 7.09. The Balaban J connectivity index is 2.22. The number of aliphatic hydroxyl groups excluding tert-OH is 1. The van der Waals surface area contributed by atoms with Crippen LogP contribution in [0.15, 0.2) is 18.2 Å². The van der Waals surface area contributed by atoms with E-state index in [2.05, 4.69) is 0 Å². The number of β-amino-alcohol motifs (C(OH)–C–C–N with tert-alkyl or cyclic N) is 1. The number of benzene rings is 1. The lowest BCUT2D eigenvalue weighted by atomic mass is 10.0. The third kappa shape index (κ3) is 1.85. The highest BCUT2D eigenvalue weighted by Crippen LogP contribution is 2.21. The van der Waals surface area contributed by atoms with Crippen molar-refractivity contribution < 1.29 is 9.90 Å². The van der Waals surface area contributed by atoms with E-state index in [1.807, 2.05) is 6.92 Å². The monoisotopic (exact) mass is 225 g/mol. The summed E-state index contributed by atoms with van der Waals surface area (Å²) in [6.07, 6.45) is -0.367. The van der Waals surface area contributed by atoms with Crippen molar-refractivity contribution in [2.75, 3.05) is 13.1 Å². The van der Waals surface area contributed by atoms with Gasteiger partial charge in [0.25, 0.3) is 5.91 Å². The lowest BCUT2D eigenvalue weighted by Gasteiger charge is -2.36. The molecular weight excluding hydrogens is 214 g/mol. The molecule has 0 unspecified atom stereocenters. The zero-order valence-electron chi connectivity index (χ0n) is 8.40. The van der Waals surface area contributed by atoms with Crippen molar-refractivity contribution in [1.29, 1.82) is 0 Å². The van der Waals surface area contributed by atoms with Crippen molar-refractivity contribution in [2.24, 2.45) is 0 Å². The van der Waals surface area contributed by atoms with Gasteiger partial charge in [0.15, 0.2) is 0 Å². The van der Waals surface area contributed by atoms with Gasteiger partial charge >= 0.3 is 0 Å². The second kappa shape index (κ2) is 3.83. The molecule has 0 radical (unpaired) electrons. The molecule has 1 fully saturated rings. The van der Waals surface area contributed by atoms with Crippen LogP contribution in [0.2, 0.25) is 5.02 Å². The average Bonchev–Trinajstić information content (AvgIpc) is 2.16. The van der Waals surface area contributed by atoms with Gasteiger partial charge in [-0.15, -0.1) is 0 Å². The maximum Gasteiger partial charge on any atom is 0.254 e. The molecule has 80 valence electrons. The number of nitrogens with zero attached hydrogens (tertiary/aromatic N) is 1. The molecule has 2 rings (SSSR count). The molecule has 1 aliphatic heterocycles. The lowest BCUT2D eigenvalue weighted by Crippen LogP contribution is -2.53. The molecule has 0 bridgehead atoms. The zero-order valence-corrected chi connectivity index (χ0v) is 9.16. The fourth-order valence-corrected chi connectivity index (χ4v) is 1.81. The molecule has 1 N–H and O–H groups in total. The molecule has 0 aliphatic carbocycles. The van der Waals surface area contributed by atoms with Crippen LogP contribution in [0.5, 0.6) is 0 Å². The van der Waals surface area contributed by atoms with E-state index in [0.717, 1.165) is 5.56 Å². The van der Waals surface area contributed by atoms with Gasteiger partial charge in [-0.25, -0.2) is 0 Å². The van der Waals surface area contributed by atoms with E-state index in [1.165, 1.54) is 0 Å². The number of rotatable bonds is 1. The van der Waals surface area contributed by atoms with Crippen LogP contribution in [0.1, 0.15) is 15.9 Å². The molecule has 1 aromatic rings. The topological polar surface area (TPSA) is 40.5 Å². The zero-order chi connectivity index (χ0) is 11.0. The minimum Gasteiger partial charge on any atom is -0.389 e. The van der Waals surface area contributed by atoms with Crippen molar-refractivity contribution in [3.63, 3.8) is 0 Å². The van der Waals surface area contributed by atoms with Gasteiger partial charge in [-0.1, -0.05) is 17.7 Å². The SMILES string of the molecule is Cc1c(Cl)cccc1C(=O)N1CC(O)C1. The smallest absolute Gasteiger partial charge is 0.254 e. The van der Waals surface area contributed by atoms with Crippen molar-refractivity contribution in [1.82, 2.24) is 4.90 Å². The Morgan fingerprint density at radius 2 is 2.20 bits per heavy atom. The quantitative estimate of drug-likeness (QED) is 0.786. The van der Waals surface area contributed by atoms with Crippen LogP contribution >= 0.6 is 11.6 Å². The Hall–Kier alpha value is -1.06. The van der Waals surface area contributed by atoms with E-state index in [-0.39, 0.29) is 12.0 Å². The van der Waals surface area contributed by atoms with E-state index in [1.54, 1.807) is 23.1 Å². The summed E-state index contributed by atoms with van der Waals surface area (Å²) in [5.41, 5.74) is 1.42. The molecule has 15 heavy (non-hydrogen) atoms. The maximum atomic E-state index is 11.9. The Kier molecular flexibility index (Phi) is 2.67. The van der Waals surface area contributed by atoms with Crippen LogP contribution in [0.3, 0.4) is 0 Å². The molecule has 1 aliphatic rings. The van der Waals surface area contributed by atoms with Crippen LogP contribution in [-0.4, -0.2) is 35.1 Å². The van der Waals surface area contributed by atoms with E-state index in [4.69, 9.17) is 16.7 Å². The summed E-state index contributed by atoms with van der Waals surface area (Å²) in [6.45, 7) is 2.67. The van der Waals surface area contributed by atoms with Crippen LogP contribution in [0.4, 0.5) is 0 Å². The average molecular weight is 226 g/mol. The van der Waals surface area contributed by atoms with E-state index >= 15 is 0 Å². The number of aliphatic hydroxyl groups is 1. The van der Waals surface area contributed by atoms with Crippen LogP contribution in [0, 0.1) is 6.92 Å². The molecule has 1 heterocycles. The Labute approximate surface area is 93.3 Å². The number of carbonyl (C=O) groups excluding carboxylic acids is 1. The molecule has 0 atom stereocenters. The number of halogens is 1. The van der Waals surface area contributed by atoms with Gasteiger partial charge < -0.3 is 10.0 Å². The summed E-state index contributed by atoms with van der Waals surface area (Å²) in [5, 5.41) is 9.72. The molecule has 1 amide bonds. The standard InChI is InChI=1S/C11H12ClNO2/c1-7-9(3-2-4-10(7)12)11(15)13-5-8(14)6-13/h2-4,8,14H,5-6H2,1H3. The minimum absolute atomic E-state index is 0.0553. The van der Waals surface area contributed by atoms with Crippen LogP contribution in [-0.2, 0) is 0 Å². The molecule has 0 aromatic heterocycles. The summed E-state index contributed by atoms with van der Waals surface area (Å²) >= 11 is 5.93. The van der Waals surface area contributed by atoms with E-state index < -0.39 is 0 Å². The Morgan fingerprint density at radius 3 is 2.80 bits per heavy atom. The first-order valence-corrected chi connectivity index (χ1v) is 5.20. The van der Waals surface area contributed by atoms with Crippen molar-refractivity contribution in [2.45, 2.75) is 13.0 Å². The predicted molar refractivity (Wildman–Crippen MR) is 58.1 cm³/mol. The summed E-state index contributed by atoms with van der Waals surface area (Å²) in [7, 11) is 0. The first kappa shape index (κ1) is 10.5. The fourth-order valence-electron chi connectivity index (χ4n) is 1.63. The van der Waals surface area contributed by atoms with Gasteiger partial charge in [0, 0.05) is 23.7 Å². The lowest BCUT2D eigenvalue weighted by molar-refractivity contribution is 0.00584. The van der Waals surface area contributed by atoms with Gasteiger partial charge in [0.2, 0.25) is 0 Å². The molecule has 1 saturated heterocycles. The molecule has 1 aromatic carbocycles. The highest BCUT2D eigenvalue weighted by atomic mass is 35.5. The number of likely N-dealkylation sites (tertiary alicyclic amines) is 1. The maximum absolute atomic E-state index is 11.9. The summed E-state index contributed by atoms with van der Waals surface area (Å²) in [6, 6.07) is 5.28. The molecule has 3 nitrogen and oxygen atoms in total. The van der Waals surface area contributed by atoms with Crippen LogP contribution < -0.4 is 0 Å². The largest absolute Gasteiger partial charge is 0.389 e. The van der Waals surface area contributed by atoms with Crippen molar-refractivity contribution in [3.8, 4) is 0 Å². The first-order valence-electron chi connectivity index (χ1n) is 4.82. The number of carbonyl (C=O) groups is 1. The highest BCUT2D eigenvalue weighted by molar-refractivity contribution is 6.31. The third-order valence-corrected chi connectivity index (χ3v) is 3.06. The Morgan fingerprint density at radius 1 is 1.53 bits per heavy atom. The molecular formula is C11H12ClNO2. The van der Waals surface area contributed by atoms with Crippen molar-refractivity contribution in [3.05, 3.63) is 34.3 Å². The molecule has 0 spiro atoms. The van der Waals surface area contributed by atoms with Gasteiger partial charge in [-0.2, -0.15) is 0 Å². The second-order valence-corrected chi connectivity index (χ2v) is 4.18. The normalized spacial score (nSPS) is 16.3. The minimum atomic E-state index is -0.367. The summed E-state index contributed by atoms with van der Waals surface area (Å²) in [4.78, 5) is 13.5. The number of hydrogen-bond acceptors (Lipinski definition) is 2. The van der Waals surface area contributed by atoms with Gasteiger partial charge in [0.05, 0.1) is 6.10 Å². The van der Waals surface area contributed by atoms with Gasteiger partial charge in [-0.3, -0.25) is 4.79 Å². The molecule has 0 saturated carbocycles. The van der Waals surface area contributed by atoms with Gasteiger partial charge in [-0.05, 0) is 24.6 Å². The Bertz CT molecular complexity index is 400.